The van der Waals surface area contributed by atoms with Gasteiger partial charge in [0.05, 0.1) is 18.6 Å². The average molecular weight is 192 g/mol. The van der Waals surface area contributed by atoms with Gasteiger partial charge in [0.2, 0.25) is 0 Å². The summed E-state index contributed by atoms with van der Waals surface area (Å²) in [5.74, 6) is 0.659. The molecule has 0 fully saturated rings. The molecule has 0 N–H and O–H groups in total. The van der Waals surface area contributed by atoms with Crippen LogP contribution in [0.5, 0.6) is 0 Å². The molecule has 0 atom stereocenters. The van der Waals surface area contributed by atoms with E-state index < -0.39 is 11.9 Å². The maximum atomic E-state index is 10.8. The molecule has 0 spiro atoms. The van der Waals surface area contributed by atoms with Gasteiger partial charge in [-0.15, -0.1) is 12.3 Å². The number of carbonyl (C=O) groups is 1. The number of rotatable bonds is 3. The minimum absolute atomic E-state index is 0. The smallest absolute Gasteiger partial charge is 0.616 e. The van der Waals surface area contributed by atoms with Gasteiger partial charge in [-0.3, -0.25) is 0 Å². The first-order valence-corrected chi connectivity index (χ1v) is 3.13. The Labute approximate surface area is 99.2 Å². The quantitative estimate of drug-likeness (QED) is 0.152. The summed E-state index contributed by atoms with van der Waals surface area (Å²) >= 11 is 0. The van der Waals surface area contributed by atoms with E-state index in [1.54, 1.807) is 0 Å². The van der Waals surface area contributed by atoms with Crippen LogP contribution in [0.1, 0.15) is 6.42 Å². The summed E-state index contributed by atoms with van der Waals surface area (Å²) in [6, 6.07) is 0. The van der Waals surface area contributed by atoms with E-state index in [0.717, 1.165) is 0 Å². The van der Waals surface area contributed by atoms with Crippen LogP contribution in [0.3, 0.4) is 0 Å². The van der Waals surface area contributed by atoms with Crippen LogP contribution in [0.25, 0.3) is 0 Å². The number of carbonyl (C=O) groups excluding carboxylic acids is 1. The Bertz CT molecular complexity index is 239. The van der Waals surface area contributed by atoms with Crippen LogP contribution in [-0.4, -0.2) is 20.2 Å². The van der Waals surface area contributed by atoms with Gasteiger partial charge in [0.1, 0.15) is 0 Å². The number of esters is 1. The standard InChI is InChI=1S/C8H10O4.Na/c1-4-5-6(7(9)11-2)8(10)12-3;/h1,9H,5H2,2-3H3;/q;+1/p-1. The molecule has 0 amide bonds. The fraction of sp³-hybridized carbons (Fsp3) is 0.375. The second-order valence-electron chi connectivity index (χ2n) is 1.84. The zero-order chi connectivity index (χ0) is 9.56. The van der Waals surface area contributed by atoms with Crippen molar-refractivity contribution >= 4 is 5.97 Å². The first kappa shape index (κ1) is 14.9. The fourth-order valence-electron chi connectivity index (χ4n) is 0.576. The van der Waals surface area contributed by atoms with Crippen molar-refractivity contribution in [3.05, 3.63) is 11.5 Å². The molecule has 66 valence electrons. The van der Waals surface area contributed by atoms with Gasteiger partial charge in [-0.05, 0) is 7.11 Å². The molecule has 0 unspecified atom stereocenters. The molecule has 0 aromatic heterocycles. The molecular weight excluding hydrogens is 183 g/mol. The first-order chi connectivity index (χ1) is 5.67. The van der Waals surface area contributed by atoms with E-state index in [-0.39, 0.29) is 41.6 Å². The Kier molecular flexibility index (Phi) is 9.14. The molecule has 0 bridgehead atoms. The normalized spacial score (nSPS) is 10.2. The molecule has 0 radical (unpaired) electrons. The summed E-state index contributed by atoms with van der Waals surface area (Å²) in [5.41, 5.74) is -0.164. The molecule has 0 rings (SSSR count). The second-order valence-corrected chi connectivity index (χ2v) is 1.84. The number of methoxy groups -OCH3 is 2. The van der Waals surface area contributed by atoms with Gasteiger partial charge in [0.25, 0.3) is 0 Å². The van der Waals surface area contributed by atoms with Gasteiger partial charge in [-0.1, -0.05) is 0 Å². The average Bonchev–Trinajstić information content (AvgIpc) is 2.11. The zero-order valence-corrected chi connectivity index (χ0v) is 9.92. The Morgan fingerprint density at radius 2 is 2.00 bits per heavy atom. The van der Waals surface area contributed by atoms with Gasteiger partial charge in [-0.2, -0.15) is 0 Å². The topological polar surface area (TPSA) is 58.6 Å². The van der Waals surface area contributed by atoms with Gasteiger partial charge in [0.15, 0.2) is 0 Å². The molecule has 0 aliphatic rings. The van der Waals surface area contributed by atoms with Crippen molar-refractivity contribution in [1.82, 2.24) is 0 Å². The van der Waals surface area contributed by atoms with Crippen LogP contribution in [0.2, 0.25) is 0 Å². The molecule has 0 heterocycles. The summed E-state index contributed by atoms with van der Waals surface area (Å²) in [5, 5.41) is 10.8. The number of hydrogen-bond acceptors (Lipinski definition) is 4. The van der Waals surface area contributed by atoms with Crippen LogP contribution in [0.15, 0.2) is 11.5 Å². The van der Waals surface area contributed by atoms with Crippen molar-refractivity contribution < 1.29 is 48.9 Å². The summed E-state index contributed by atoms with van der Waals surface area (Å²) < 4.78 is 8.63. The third-order valence-electron chi connectivity index (χ3n) is 1.14. The van der Waals surface area contributed by atoms with Crippen LogP contribution < -0.4 is 34.7 Å². The molecule has 0 aliphatic heterocycles. The SMILES string of the molecule is C#CCC(C(=O)OC)=C([O-])OC.[Na+]. The van der Waals surface area contributed by atoms with E-state index in [4.69, 9.17) is 6.42 Å². The van der Waals surface area contributed by atoms with Crippen molar-refractivity contribution in [3.63, 3.8) is 0 Å². The molecule has 0 aromatic rings. The van der Waals surface area contributed by atoms with Crippen molar-refractivity contribution in [3.8, 4) is 12.3 Å². The third kappa shape index (κ3) is 4.83. The maximum Gasteiger partial charge on any atom is 1.00 e. The second kappa shape index (κ2) is 7.99. The monoisotopic (exact) mass is 192 g/mol. The van der Waals surface area contributed by atoms with E-state index in [2.05, 4.69) is 15.4 Å². The molecular formula is C8H9NaO4. The molecule has 5 heteroatoms. The molecule has 13 heavy (non-hydrogen) atoms. The van der Waals surface area contributed by atoms with E-state index in [0.29, 0.717) is 0 Å². The summed E-state index contributed by atoms with van der Waals surface area (Å²) in [6.45, 7) is 0. The van der Waals surface area contributed by atoms with Crippen LogP contribution in [-0.2, 0) is 14.3 Å². The van der Waals surface area contributed by atoms with E-state index in [9.17, 15) is 9.90 Å². The van der Waals surface area contributed by atoms with Crippen LogP contribution in [0.4, 0.5) is 0 Å². The molecule has 0 saturated heterocycles. The van der Waals surface area contributed by atoms with E-state index in [1.807, 2.05) is 0 Å². The third-order valence-corrected chi connectivity index (χ3v) is 1.14. The maximum absolute atomic E-state index is 10.8. The summed E-state index contributed by atoms with van der Waals surface area (Å²) in [7, 11) is 2.34. The fourth-order valence-corrected chi connectivity index (χ4v) is 0.576. The largest absolute Gasteiger partial charge is 1.00 e. The predicted octanol–water partition coefficient (Wildman–Crippen LogP) is -3.59. The first-order valence-electron chi connectivity index (χ1n) is 3.13. The predicted molar refractivity (Wildman–Crippen MR) is 39.5 cm³/mol. The molecule has 4 nitrogen and oxygen atoms in total. The molecule has 0 saturated carbocycles. The van der Waals surface area contributed by atoms with Crippen molar-refractivity contribution in [2.45, 2.75) is 6.42 Å². The summed E-state index contributed by atoms with van der Waals surface area (Å²) in [4.78, 5) is 10.8. The minimum atomic E-state index is -0.750. The van der Waals surface area contributed by atoms with Crippen LogP contribution >= 0.6 is 0 Å². The number of hydrogen-bond donors (Lipinski definition) is 0. The van der Waals surface area contributed by atoms with E-state index in [1.165, 1.54) is 14.2 Å². The van der Waals surface area contributed by atoms with Crippen molar-refractivity contribution in [1.29, 1.82) is 0 Å². The van der Waals surface area contributed by atoms with Gasteiger partial charge < -0.3 is 14.6 Å². The Balaban J connectivity index is 0. The Morgan fingerprint density at radius 1 is 1.46 bits per heavy atom. The molecule has 0 aliphatic carbocycles. The minimum Gasteiger partial charge on any atom is -0.616 e. The van der Waals surface area contributed by atoms with Gasteiger partial charge in [0, 0.05) is 6.42 Å². The molecule has 0 aromatic carbocycles. The van der Waals surface area contributed by atoms with Gasteiger partial charge >= 0.3 is 35.5 Å². The number of ether oxygens (including phenoxy) is 2. The van der Waals surface area contributed by atoms with Crippen molar-refractivity contribution in [2.75, 3.05) is 14.2 Å². The van der Waals surface area contributed by atoms with Crippen LogP contribution in [0, 0.1) is 12.3 Å². The Hall–Kier alpha value is -0.630. The zero-order valence-electron chi connectivity index (χ0n) is 7.92. The van der Waals surface area contributed by atoms with Crippen molar-refractivity contribution in [2.24, 2.45) is 0 Å². The van der Waals surface area contributed by atoms with E-state index >= 15 is 0 Å². The van der Waals surface area contributed by atoms with Gasteiger partial charge in [-0.25, -0.2) is 4.79 Å². The summed E-state index contributed by atoms with van der Waals surface area (Å²) in [6.07, 6.45) is 4.84. The number of terminal acetylenes is 1. The Morgan fingerprint density at radius 3 is 2.31 bits per heavy atom.